The van der Waals surface area contributed by atoms with E-state index in [4.69, 9.17) is 11.6 Å². The molecule has 0 aliphatic carbocycles. The van der Waals surface area contributed by atoms with Crippen molar-refractivity contribution in [2.75, 3.05) is 0 Å². The molecule has 0 aliphatic rings. The second-order valence-corrected chi connectivity index (χ2v) is 3.35. The minimum absolute atomic E-state index is 0.0966. The Hall–Kier alpha value is -1.02. The molecule has 1 rings (SSSR count). The lowest BCUT2D eigenvalue weighted by atomic mass is 10.1. The molecule has 0 amide bonds. The smallest absolute Gasteiger partial charge is 0.130 e. The van der Waals surface area contributed by atoms with E-state index < -0.39 is 0 Å². The molecule has 0 radical (unpaired) electrons. The molecule has 1 N–H and O–H groups in total. The van der Waals surface area contributed by atoms with Crippen LogP contribution in [0.15, 0.2) is 18.2 Å². The number of aromatic hydroxyl groups is 1. The van der Waals surface area contributed by atoms with Crippen molar-refractivity contribution in [1.82, 2.24) is 0 Å². The molecule has 1 aromatic rings. The number of benzene rings is 1. The van der Waals surface area contributed by atoms with E-state index in [2.05, 4.69) is 0 Å². The van der Waals surface area contributed by atoms with Crippen molar-refractivity contribution in [3.05, 3.63) is 28.8 Å². The number of hydrogen-bond donors (Lipinski definition) is 1. The van der Waals surface area contributed by atoms with Crippen molar-refractivity contribution < 1.29 is 9.90 Å². The van der Waals surface area contributed by atoms with Crippen LogP contribution < -0.4 is 0 Å². The second-order valence-electron chi connectivity index (χ2n) is 2.94. The van der Waals surface area contributed by atoms with E-state index in [0.717, 1.165) is 0 Å². The molecule has 0 atom stereocenters. The molecule has 1 aromatic carbocycles. The second kappa shape index (κ2) is 4.28. The Bertz CT molecular complexity index is 300. The molecular formula is C10H11ClO2. The molecule has 0 aliphatic heterocycles. The third-order valence-corrected chi connectivity index (χ3v) is 2.18. The van der Waals surface area contributed by atoms with E-state index >= 15 is 0 Å². The number of Topliss-reactive ketones (excluding diaryl/α,β-unsaturated/α-hetero) is 1. The van der Waals surface area contributed by atoms with E-state index in [-0.39, 0.29) is 11.5 Å². The molecule has 0 spiro atoms. The summed E-state index contributed by atoms with van der Waals surface area (Å²) in [6, 6.07) is 4.95. The number of halogens is 1. The van der Waals surface area contributed by atoms with Crippen molar-refractivity contribution >= 4 is 17.4 Å². The molecule has 0 aromatic heterocycles. The lowest BCUT2D eigenvalue weighted by Crippen LogP contribution is -1.95. The Morgan fingerprint density at radius 3 is 2.77 bits per heavy atom. The first-order valence-corrected chi connectivity index (χ1v) is 4.45. The maximum absolute atomic E-state index is 10.7. The molecule has 0 bridgehead atoms. The van der Waals surface area contributed by atoms with E-state index in [1.807, 2.05) is 0 Å². The van der Waals surface area contributed by atoms with Crippen LogP contribution in [0.2, 0.25) is 5.02 Å². The van der Waals surface area contributed by atoms with Crippen LogP contribution in [0.25, 0.3) is 0 Å². The fraction of sp³-hybridized carbons (Fsp3) is 0.300. The van der Waals surface area contributed by atoms with Crippen molar-refractivity contribution in [2.24, 2.45) is 0 Å². The highest BCUT2D eigenvalue weighted by Gasteiger charge is 2.06. The third kappa shape index (κ3) is 2.74. The third-order valence-electron chi connectivity index (χ3n) is 1.82. The first kappa shape index (κ1) is 10.1. The lowest BCUT2D eigenvalue weighted by Gasteiger charge is -2.04. The van der Waals surface area contributed by atoms with Gasteiger partial charge in [0, 0.05) is 17.0 Å². The molecule has 0 saturated carbocycles. The van der Waals surface area contributed by atoms with Crippen LogP contribution in [0.3, 0.4) is 0 Å². The molecule has 0 fully saturated rings. The van der Waals surface area contributed by atoms with Crippen LogP contribution >= 0.6 is 11.6 Å². The molecule has 13 heavy (non-hydrogen) atoms. The Morgan fingerprint density at radius 2 is 2.23 bits per heavy atom. The van der Waals surface area contributed by atoms with Gasteiger partial charge in [-0.2, -0.15) is 0 Å². The summed E-state index contributed by atoms with van der Waals surface area (Å²) in [5, 5.41) is 9.92. The van der Waals surface area contributed by atoms with Gasteiger partial charge in [0.1, 0.15) is 11.5 Å². The highest BCUT2D eigenvalue weighted by Crippen LogP contribution is 2.26. The summed E-state index contributed by atoms with van der Waals surface area (Å²) in [4.78, 5) is 10.7. The van der Waals surface area contributed by atoms with Gasteiger partial charge in [-0.15, -0.1) is 0 Å². The number of ketones is 1. The summed E-state index contributed by atoms with van der Waals surface area (Å²) in [5.41, 5.74) is 0.652. The average molecular weight is 199 g/mol. The summed E-state index contributed by atoms with van der Waals surface area (Å²) >= 11 is 5.84. The molecule has 2 nitrogen and oxygen atoms in total. The van der Waals surface area contributed by atoms with Crippen LogP contribution in [0.1, 0.15) is 18.9 Å². The average Bonchev–Trinajstić information content (AvgIpc) is 2.03. The summed E-state index contributed by atoms with van der Waals surface area (Å²) in [6.07, 6.45) is 0.915. The fourth-order valence-corrected chi connectivity index (χ4v) is 1.36. The van der Waals surface area contributed by atoms with Gasteiger partial charge < -0.3 is 9.90 Å². The molecule has 0 heterocycles. The number of carbonyl (C=O) groups is 1. The van der Waals surface area contributed by atoms with Gasteiger partial charge in [0.2, 0.25) is 0 Å². The zero-order valence-electron chi connectivity index (χ0n) is 7.38. The highest BCUT2D eigenvalue weighted by molar-refractivity contribution is 6.31. The zero-order chi connectivity index (χ0) is 9.84. The number of phenols is 1. The summed E-state index contributed by atoms with van der Waals surface area (Å²) in [5.74, 6) is 0.257. The Balaban J connectivity index is 2.81. The highest BCUT2D eigenvalue weighted by atomic mass is 35.5. The van der Waals surface area contributed by atoms with Gasteiger partial charge in [-0.3, -0.25) is 0 Å². The van der Waals surface area contributed by atoms with Gasteiger partial charge in [0.15, 0.2) is 0 Å². The maximum atomic E-state index is 10.7. The van der Waals surface area contributed by atoms with Crippen LogP contribution in [-0.2, 0) is 11.2 Å². The molecule has 0 saturated heterocycles. The van der Waals surface area contributed by atoms with E-state index in [0.29, 0.717) is 23.4 Å². The maximum Gasteiger partial charge on any atom is 0.130 e. The number of carbonyl (C=O) groups excluding carboxylic acids is 1. The van der Waals surface area contributed by atoms with Crippen molar-refractivity contribution in [3.8, 4) is 5.75 Å². The monoisotopic (exact) mass is 198 g/mol. The van der Waals surface area contributed by atoms with Crippen molar-refractivity contribution in [2.45, 2.75) is 19.8 Å². The van der Waals surface area contributed by atoms with E-state index in [9.17, 15) is 9.90 Å². The molecular weight excluding hydrogens is 188 g/mol. The molecule has 0 unspecified atom stereocenters. The normalized spacial score (nSPS) is 10.0. The summed E-state index contributed by atoms with van der Waals surface area (Å²) in [6.45, 7) is 1.52. The Kier molecular flexibility index (Phi) is 3.32. The van der Waals surface area contributed by atoms with Crippen molar-refractivity contribution in [1.29, 1.82) is 0 Å². The number of hydrogen-bond acceptors (Lipinski definition) is 2. The fourth-order valence-electron chi connectivity index (χ4n) is 1.10. The van der Waals surface area contributed by atoms with E-state index in [1.54, 1.807) is 18.2 Å². The quantitative estimate of drug-likeness (QED) is 0.811. The van der Waals surface area contributed by atoms with Gasteiger partial charge in [-0.05, 0) is 25.5 Å². The van der Waals surface area contributed by atoms with Crippen LogP contribution in [0, 0.1) is 0 Å². The lowest BCUT2D eigenvalue weighted by molar-refractivity contribution is -0.116. The zero-order valence-corrected chi connectivity index (χ0v) is 8.14. The largest absolute Gasteiger partial charge is 0.508 e. The number of rotatable bonds is 3. The van der Waals surface area contributed by atoms with Crippen LogP contribution in [0.4, 0.5) is 0 Å². The summed E-state index contributed by atoms with van der Waals surface area (Å²) in [7, 11) is 0. The van der Waals surface area contributed by atoms with Crippen LogP contribution in [-0.4, -0.2) is 10.9 Å². The number of phenolic OH excluding ortho intramolecular Hbond substituents is 1. The predicted octanol–water partition coefficient (Wildman–Crippen LogP) is 2.57. The van der Waals surface area contributed by atoms with Gasteiger partial charge >= 0.3 is 0 Å². The summed E-state index contributed by atoms with van der Waals surface area (Å²) < 4.78 is 0. The van der Waals surface area contributed by atoms with Crippen molar-refractivity contribution in [3.63, 3.8) is 0 Å². The minimum Gasteiger partial charge on any atom is -0.508 e. The van der Waals surface area contributed by atoms with Gasteiger partial charge in [0.25, 0.3) is 0 Å². The van der Waals surface area contributed by atoms with Gasteiger partial charge in [-0.25, -0.2) is 0 Å². The predicted molar refractivity (Wildman–Crippen MR) is 52.1 cm³/mol. The Labute approximate surface area is 82.2 Å². The Morgan fingerprint density at radius 1 is 1.54 bits per heavy atom. The topological polar surface area (TPSA) is 37.3 Å². The minimum atomic E-state index is 0.0966. The van der Waals surface area contributed by atoms with Crippen LogP contribution in [0.5, 0.6) is 5.75 Å². The first-order chi connectivity index (χ1) is 6.11. The first-order valence-electron chi connectivity index (χ1n) is 4.07. The molecule has 70 valence electrons. The van der Waals surface area contributed by atoms with Gasteiger partial charge in [-0.1, -0.05) is 17.7 Å². The molecule has 3 heteroatoms. The van der Waals surface area contributed by atoms with E-state index in [1.165, 1.54) is 6.92 Å². The van der Waals surface area contributed by atoms with Gasteiger partial charge in [0.05, 0.1) is 0 Å². The standard InChI is InChI=1S/C10H11ClO2/c1-7(12)5-6-8-9(11)3-2-4-10(8)13/h2-4,13H,5-6H2,1H3. The SMILES string of the molecule is CC(=O)CCc1c(O)cccc1Cl.